The molecule has 140 valence electrons. The van der Waals surface area contributed by atoms with Crippen molar-refractivity contribution in [3.8, 4) is 0 Å². The van der Waals surface area contributed by atoms with Gasteiger partial charge in [0.15, 0.2) is 0 Å². The number of halogens is 1. The second-order valence-corrected chi connectivity index (χ2v) is 7.09. The summed E-state index contributed by atoms with van der Waals surface area (Å²) in [7, 11) is 0. The minimum absolute atomic E-state index is 0. The molecule has 4 heteroatoms. The van der Waals surface area contributed by atoms with Crippen molar-refractivity contribution < 1.29 is 4.79 Å². The van der Waals surface area contributed by atoms with Crippen molar-refractivity contribution in [3.05, 3.63) is 71.8 Å². The number of carbonyl (C=O) groups excluding carboxylic acids is 1. The first-order valence-corrected chi connectivity index (χ1v) is 9.31. The van der Waals surface area contributed by atoms with E-state index in [-0.39, 0.29) is 30.3 Å². The Hall–Kier alpha value is -1.84. The Morgan fingerprint density at radius 3 is 2.27 bits per heavy atom. The molecule has 3 rings (SSSR count). The van der Waals surface area contributed by atoms with Crippen LogP contribution in [0.5, 0.6) is 0 Å². The van der Waals surface area contributed by atoms with Crippen molar-refractivity contribution in [1.82, 2.24) is 4.90 Å². The lowest BCUT2D eigenvalue weighted by Crippen LogP contribution is -2.40. The monoisotopic (exact) mass is 372 g/mol. The number of benzene rings is 2. The summed E-state index contributed by atoms with van der Waals surface area (Å²) in [5.41, 5.74) is 8.78. The largest absolute Gasteiger partial charge is 0.342 e. The number of amides is 1. The summed E-state index contributed by atoms with van der Waals surface area (Å²) >= 11 is 0. The predicted molar refractivity (Wildman–Crippen MR) is 109 cm³/mol. The molecule has 0 spiro atoms. The van der Waals surface area contributed by atoms with Gasteiger partial charge in [0, 0.05) is 19.1 Å². The Bertz CT molecular complexity index is 677. The van der Waals surface area contributed by atoms with E-state index in [9.17, 15) is 4.79 Å². The molecule has 0 saturated carbocycles. The van der Waals surface area contributed by atoms with Crippen LogP contribution in [0.1, 0.15) is 49.3 Å². The number of likely N-dealkylation sites (tertiary alicyclic amines) is 1. The average molecular weight is 373 g/mol. The number of rotatable bonds is 4. The van der Waals surface area contributed by atoms with Gasteiger partial charge in [0.1, 0.15) is 0 Å². The maximum Gasteiger partial charge on any atom is 0.227 e. The highest BCUT2D eigenvalue weighted by Crippen LogP contribution is 2.29. The second-order valence-electron chi connectivity index (χ2n) is 7.09. The molecule has 2 aromatic carbocycles. The van der Waals surface area contributed by atoms with Crippen molar-refractivity contribution in [2.24, 2.45) is 11.7 Å². The molecule has 3 nitrogen and oxygen atoms in total. The molecule has 2 N–H and O–H groups in total. The maximum atomic E-state index is 13.0. The zero-order chi connectivity index (χ0) is 17.6. The Labute approximate surface area is 163 Å². The first-order chi connectivity index (χ1) is 12.2. The van der Waals surface area contributed by atoms with Crippen LogP contribution in [-0.4, -0.2) is 23.9 Å². The van der Waals surface area contributed by atoms with E-state index in [1.807, 2.05) is 42.2 Å². The van der Waals surface area contributed by atoms with E-state index in [0.29, 0.717) is 5.92 Å². The summed E-state index contributed by atoms with van der Waals surface area (Å²) in [6.07, 6.45) is 3.23. The molecule has 3 unspecified atom stereocenters. The molecule has 1 aliphatic heterocycles. The molecule has 0 bridgehead atoms. The summed E-state index contributed by atoms with van der Waals surface area (Å²) in [5.74, 6) is 0.540. The molecule has 1 saturated heterocycles. The molecular formula is C22H29ClN2O. The van der Waals surface area contributed by atoms with E-state index in [4.69, 9.17) is 5.73 Å². The first-order valence-electron chi connectivity index (χ1n) is 9.31. The van der Waals surface area contributed by atoms with E-state index in [0.717, 1.165) is 37.9 Å². The van der Waals surface area contributed by atoms with Crippen LogP contribution in [0.3, 0.4) is 0 Å². The van der Waals surface area contributed by atoms with Gasteiger partial charge in [-0.05, 0) is 36.3 Å². The summed E-state index contributed by atoms with van der Waals surface area (Å²) in [4.78, 5) is 15.0. The van der Waals surface area contributed by atoms with Crippen molar-refractivity contribution in [1.29, 1.82) is 0 Å². The zero-order valence-electron chi connectivity index (χ0n) is 15.4. The van der Waals surface area contributed by atoms with Gasteiger partial charge >= 0.3 is 0 Å². The number of nitrogens with zero attached hydrogens (tertiary/aromatic N) is 1. The van der Waals surface area contributed by atoms with E-state index < -0.39 is 0 Å². The van der Waals surface area contributed by atoms with Gasteiger partial charge in [0.2, 0.25) is 5.91 Å². The van der Waals surface area contributed by atoms with Crippen LogP contribution in [0, 0.1) is 5.92 Å². The van der Waals surface area contributed by atoms with Crippen molar-refractivity contribution in [3.63, 3.8) is 0 Å². The van der Waals surface area contributed by atoms with E-state index in [1.54, 1.807) is 0 Å². The Balaban J connectivity index is 0.00000243. The van der Waals surface area contributed by atoms with Gasteiger partial charge in [-0.15, -0.1) is 12.4 Å². The van der Waals surface area contributed by atoms with Crippen LogP contribution < -0.4 is 5.73 Å². The van der Waals surface area contributed by atoms with Crippen LogP contribution in [0.15, 0.2) is 60.7 Å². The Kier molecular flexibility index (Phi) is 7.67. The fraction of sp³-hybridized carbons (Fsp3) is 0.409. The third-order valence-corrected chi connectivity index (χ3v) is 5.42. The van der Waals surface area contributed by atoms with Crippen molar-refractivity contribution in [2.45, 2.75) is 38.1 Å². The Morgan fingerprint density at radius 1 is 1.00 bits per heavy atom. The molecular weight excluding hydrogens is 344 g/mol. The van der Waals surface area contributed by atoms with Crippen LogP contribution in [-0.2, 0) is 4.79 Å². The predicted octanol–water partition coefficient (Wildman–Crippen LogP) is 4.54. The molecule has 0 aliphatic carbocycles. The van der Waals surface area contributed by atoms with Crippen molar-refractivity contribution >= 4 is 18.3 Å². The van der Waals surface area contributed by atoms with Gasteiger partial charge in [-0.2, -0.15) is 0 Å². The minimum atomic E-state index is -0.248. The Morgan fingerprint density at radius 2 is 1.62 bits per heavy atom. The molecule has 3 atom stereocenters. The molecule has 1 fully saturated rings. The smallest absolute Gasteiger partial charge is 0.227 e. The zero-order valence-corrected chi connectivity index (χ0v) is 16.2. The fourth-order valence-electron chi connectivity index (χ4n) is 3.78. The molecule has 26 heavy (non-hydrogen) atoms. The number of carbonyl (C=O) groups is 1. The molecule has 0 radical (unpaired) electrons. The van der Waals surface area contributed by atoms with Gasteiger partial charge < -0.3 is 10.6 Å². The maximum absolute atomic E-state index is 13.0. The van der Waals surface area contributed by atoms with E-state index in [2.05, 4.69) is 30.3 Å². The molecule has 0 aromatic heterocycles. The summed E-state index contributed by atoms with van der Waals surface area (Å²) in [6, 6.07) is 20.3. The third kappa shape index (κ3) is 4.87. The van der Waals surface area contributed by atoms with Gasteiger partial charge in [-0.25, -0.2) is 0 Å². The van der Waals surface area contributed by atoms with Crippen LogP contribution >= 0.6 is 12.4 Å². The molecule has 1 aliphatic rings. The van der Waals surface area contributed by atoms with Gasteiger partial charge in [0.25, 0.3) is 0 Å². The molecule has 1 amide bonds. The molecule has 2 aromatic rings. The normalized spacial score (nSPS) is 19.8. The lowest BCUT2D eigenvalue weighted by Gasteiger charge is -2.27. The summed E-state index contributed by atoms with van der Waals surface area (Å²) < 4.78 is 0. The van der Waals surface area contributed by atoms with Gasteiger partial charge in [0.05, 0.1) is 5.92 Å². The minimum Gasteiger partial charge on any atom is -0.342 e. The molecule has 1 heterocycles. The summed E-state index contributed by atoms with van der Waals surface area (Å²) in [6.45, 7) is 3.62. The SMILES string of the molecule is CC(C(=O)N1CCCC(c2ccccc2)CC1)C(N)c1ccccc1.Cl. The van der Waals surface area contributed by atoms with Crippen molar-refractivity contribution in [2.75, 3.05) is 13.1 Å². The standard InChI is InChI=1S/C22H28N2O.ClH/c1-17(21(23)20-11-6-3-7-12-20)22(25)24-15-8-13-19(14-16-24)18-9-4-2-5-10-18;/h2-7,9-12,17,19,21H,8,13-16,23H2,1H3;1H. The highest BCUT2D eigenvalue weighted by atomic mass is 35.5. The highest BCUT2D eigenvalue weighted by molar-refractivity contribution is 5.85. The summed E-state index contributed by atoms with van der Waals surface area (Å²) in [5, 5.41) is 0. The highest BCUT2D eigenvalue weighted by Gasteiger charge is 2.28. The third-order valence-electron chi connectivity index (χ3n) is 5.42. The number of hydrogen-bond donors (Lipinski definition) is 1. The van der Waals surface area contributed by atoms with Crippen LogP contribution in [0.4, 0.5) is 0 Å². The second kappa shape index (κ2) is 9.75. The topological polar surface area (TPSA) is 46.3 Å². The van der Waals surface area contributed by atoms with Gasteiger partial charge in [-0.1, -0.05) is 67.6 Å². The van der Waals surface area contributed by atoms with E-state index in [1.165, 1.54) is 5.56 Å². The van der Waals surface area contributed by atoms with Crippen LogP contribution in [0.25, 0.3) is 0 Å². The lowest BCUT2D eigenvalue weighted by atomic mass is 9.92. The fourth-order valence-corrected chi connectivity index (χ4v) is 3.78. The average Bonchev–Trinajstić information content (AvgIpc) is 2.94. The first kappa shape index (κ1) is 20.5. The quantitative estimate of drug-likeness (QED) is 0.856. The van der Waals surface area contributed by atoms with Gasteiger partial charge in [-0.3, -0.25) is 4.79 Å². The lowest BCUT2D eigenvalue weighted by molar-refractivity contribution is -0.135. The van der Waals surface area contributed by atoms with Crippen LogP contribution in [0.2, 0.25) is 0 Å². The van der Waals surface area contributed by atoms with E-state index >= 15 is 0 Å². The number of nitrogens with two attached hydrogens (primary N) is 1. The number of hydrogen-bond acceptors (Lipinski definition) is 2.